The van der Waals surface area contributed by atoms with E-state index in [1.54, 1.807) is 6.08 Å². The minimum absolute atomic E-state index is 0.319. The lowest BCUT2D eigenvalue weighted by Crippen LogP contribution is -2.18. The van der Waals surface area contributed by atoms with E-state index in [4.69, 9.17) is 25.3 Å². The van der Waals surface area contributed by atoms with Gasteiger partial charge in [0.2, 0.25) is 0 Å². The van der Waals surface area contributed by atoms with Crippen LogP contribution in [0.5, 0.6) is 0 Å². The van der Waals surface area contributed by atoms with Crippen LogP contribution in [-0.2, 0) is 0 Å². The summed E-state index contributed by atoms with van der Waals surface area (Å²) >= 11 is 4.23. The molecule has 0 bridgehead atoms. The maximum Gasteiger partial charge on any atom is 0.164 e. The van der Waals surface area contributed by atoms with Gasteiger partial charge in [0.1, 0.15) is 5.71 Å². The monoisotopic (exact) mass is 646 g/mol. The third-order valence-corrected chi connectivity index (χ3v) is 9.21. The summed E-state index contributed by atoms with van der Waals surface area (Å²) in [4.78, 5) is 20.1. The number of pyridine rings is 1. The molecule has 1 N–H and O–H groups in total. The Balaban J connectivity index is 1.19. The molecule has 0 atom stereocenters. The molecule has 6 aromatic carbocycles. The van der Waals surface area contributed by atoms with E-state index in [1.165, 1.54) is 0 Å². The van der Waals surface area contributed by atoms with E-state index < -0.39 is 0 Å². The van der Waals surface area contributed by atoms with Crippen molar-refractivity contribution >= 4 is 62.8 Å². The summed E-state index contributed by atoms with van der Waals surface area (Å²) in [5, 5.41) is 14.0. The molecule has 8 aromatic rings. The first-order valence-corrected chi connectivity index (χ1v) is 16.3. The molecule has 6 nitrogen and oxygen atoms in total. The summed E-state index contributed by atoms with van der Waals surface area (Å²) in [6, 6.07) is 45.3. The number of nitrogens with zero attached hydrogens (tertiary/aromatic N) is 5. The van der Waals surface area contributed by atoms with Crippen molar-refractivity contribution in [2.75, 3.05) is 0 Å². The second kappa shape index (κ2) is 11.7. The fourth-order valence-electron chi connectivity index (χ4n) is 6.55. The number of aromatic nitrogens is 4. The average Bonchev–Trinajstić information content (AvgIpc) is 3.17. The molecule has 0 saturated carbocycles. The molecule has 0 aliphatic heterocycles. The molecule has 49 heavy (non-hydrogen) atoms. The molecule has 0 amide bonds. The van der Waals surface area contributed by atoms with Gasteiger partial charge in [-0.3, -0.25) is 5.41 Å². The highest BCUT2D eigenvalue weighted by molar-refractivity contribution is 7.79. The van der Waals surface area contributed by atoms with Crippen LogP contribution in [0.2, 0.25) is 0 Å². The van der Waals surface area contributed by atoms with Crippen LogP contribution >= 0.6 is 12.8 Å². The first-order chi connectivity index (χ1) is 24.1. The fourth-order valence-corrected chi connectivity index (χ4v) is 6.75. The van der Waals surface area contributed by atoms with Gasteiger partial charge in [-0.15, -0.1) is 0 Å². The van der Waals surface area contributed by atoms with Crippen LogP contribution in [0, 0.1) is 5.41 Å². The number of fused-ring (bicyclic) bond motifs is 5. The van der Waals surface area contributed by atoms with Crippen molar-refractivity contribution in [3.05, 3.63) is 151 Å². The molecule has 7 heteroatoms. The van der Waals surface area contributed by atoms with Gasteiger partial charge in [0.15, 0.2) is 17.5 Å². The second-order valence-electron chi connectivity index (χ2n) is 12.0. The van der Waals surface area contributed by atoms with Gasteiger partial charge < -0.3 is 0 Å². The Hall–Kier alpha value is -6.31. The lowest BCUT2D eigenvalue weighted by atomic mass is 9.88. The number of nitrogens with one attached hydrogen (secondary N) is 1. The maximum absolute atomic E-state index is 8.48. The Morgan fingerprint density at radius 3 is 1.61 bits per heavy atom. The van der Waals surface area contributed by atoms with Gasteiger partial charge in [-0.05, 0) is 64.7 Å². The smallest absolute Gasteiger partial charge is 0.164 e. The predicted octanol–water partition coefficient (Wildman–Crippen LogP) is 10.1. The Labute approximate surface area is 287 Å². The summed E-state index contributed by atoms with van der Waals surface area (Å²) in [6.45, 7) is 0. The van der Waals surface area contributed by atoms with Gasteiger partial charge in [-0.1, -0.05) is 115 Å². The molecule has 2 aromatic heterocycles. The van der Waals surface area contributed by atoms with Crippen molar-refractivity contribution in [3.63, 3.8) is 0 Å². The van der Waals surface area contributed by atoms with Gasteiger partial charge in [-0.2, -0.15) is 0 Å². The maximum atomic E-state index is 8.48. The zero-order chi connectivity index (χ0) is 32.9. The molecule has 9 rings (SSSR count). The topological polar surface area (TPSA) is 87.8 Å². The van der Waals surface area contributed by atoms with Crippen molar-refractivity contribution < 1.29 is 0 Å². The van der Waals surface area contributed by atoms with Crippen molar-refractivity contribution in [2.24, 2.45) is 4.40 Å². The first kappa shape index (κ1) is 28.9. The van der Waals surface area contributed by atoms with Crippen molar-refractivity contribution in [1.29, 1.82) is 5.41 Å². The molecular formula is C42H26N6S. The fraction of sp³-hybridized carbons (Fsp3) is 0. The molecule has 0 spiro atoms. The Kier molecular flexibility index (Phi) is 6.92. The number of allylic oxidation sites excluding steroid dienone is 1. The van der Waals surface area contributed by atoms with E-state index in [2.05, 4.69) is 77.9 Å². The standard InChI is InChI=1S/C42H26N6S/c43-35-22-21-34-37(39(35)48-49)33-11-5-6-12-36(33)44-38(34)27-15-17-28(18-16-27)40-45-41(31-19-13-25-7-1-3-9-29(25)23-31)47-42(46-40)32-20-14-26-8-2-4-10-30(26)24-32/h1-24,43,49H/b43-35?,48-39+. The van der Waals surface area contributed by atoms with Crippen LogP contribution in [0.25, 0.3) is 83.9 Å². The lowest BCUT2D eigenvalue weighted by molar-refractivity contribution is 1.07. The van der Waals surface area contributed by atoms with Crippen molar-refractivity contribution in [1.82, 2.24) is 19.9 Å². The van der Waals surface area contributed by atoms with Crippen LogP contribution in [0.3, 0.4) is 0 Å². The Bertz CT molecular complexity index is 2600. The quantitative estimate of drug-likeness (QED) is 0.186. The van der Waals surface area contributed by atoms with Gasteiger partial charge >= 0.3 is 0 Å². The van der Waals surface area contributed by atoms with E-state index in [0.717, 1.165) is 71.5 Å². The molecule has 2 heterocycles. The number of hydrogen-bond acceptors (Lipinski definition) is 7. The van der Waals surface area contributed by atoms with E-state index in [9.17, 15) is 0 Å². The molecule has 0 saturated heterocycles. The van der Waals surface area contributed by atoms with Crippen LogP contribution in [0.15, 0.2) is 144 Å². The highest BCUT2D eigenvalue weighted by Crippen LogP contribution is 2.35. The Morgan fingerprint density at radius 1 is 0.490 bits per heavy atom. The van der Waals surface area contributed by atoms with Gasteiger partial charge in [0, 0.05) is 38.8 Å². The molecule has 230 valence electrons. The van der Waals surface area contributed by atoms with Crippen LogP contribution < -0.4 is 0 Å². The second-order valence-corrected chi connectivity index (χ2v) is 12.2. The highest BCUT2D eigenvalue weighted by Gasteiger charge is 2.24. The number of hydrogen-bond donors (Lipinski definition) is 2. The molecular weight excluding hydrogens is 621 g/mol. The number of benzene rings is 6. The van der Waals surface area contributed by atoms with Crippen molar-refractivity contribution in [2.45, 2.75) is 0 Å². The van der Waals surface area contributed by atoms with E-state index in [-0.39, 0.29) is 0 Å². The zero-order valence-electron chi connectivity index (χ0n) is 26.0. The normalized spacial score (nSPS) is 13.4. The summed E-state index contributed by atoms with van der Waals surface area (Å²) in [6.07, 6.45) is 3.69. The number of para-hydroxylation sites is 1. The predicted molar refractivity (Wildman–Crippen MR) is 204 cm³/mol. The highest BCUT2D eigenvalue weighted by atomic mass is 32.1. The molecule has 1 aliphatic carbocycles. The van der Waals surface area contributed by atoms with Crippen molar-refractivity contribution in [3.8, 4) is 45.4 Å². The zero-order valence-corrected chi connectivity index (χ0v) is 26.9. The van der Waals surface area contributed by atoms with Crippen LogP contribution in [-0.4, -0.2) is 31.4 Å². The number of rotatable bonds is 4. The van der Waals surface area contributed by atoms with Gasteiger partial charge in [0.05, 0.1) is 16.9 Å². The Morgan fingerprint density at radius 2 is 1.00 bits per heavy atom. The number of thiol groups is 1. The molecule has 0 fully saturated rings. The molecule has 1 aliphatic rings. The summed E-state index contributed by atoms with van der Waals surface area (Å²) in [5.41, 5.74) is 7.90. The summed E-state index contributed by atoms with van der Waals surface area (Å²) in [7, 11) is 0. The van der Waals surface area contributed by atoms with E-state index in [1.807, 2.05) is 78.9 Å². The van der Waals surface area contributed by atoms with E-state index in [0.29, 0.717) is 28.9 Å². The van der Waals surface area contributed by atoms with E-state index >= 15 is 0 Å². The molecule has 0 unspecified atom stereocenters. The lowest BCUT2D eigenvalue weighted by Gasteiger charge is -2.19. The largest absolute Gasteiger partial charge is 0.299 e. The minimum Gasteiger partial charge on any atom is -0.299 e. The van der Waals surface area contributed by atoms with Gasteiger partial charge in [0.25, 0.3) is 0 Å². The minimum atomic E-state index is 0.319. The molecule has 0 radical (unpaired) electrons. The summed E-state index contributed by atoms with van der Waals surface area (Å²) < 4.78 is 4.19. The van der Waals surface area contributed by atoms with Crippen LogP contribution in [0.1, 0.15) is 11.1 Å². The summed E-state index contributed by atoms with van der Waals surface area (Å²) in [5.74, 6) is 1.80. The van der Waals surface area contributed by atoms with Gasteiger partial charge in [-0.25, -0.2) is 24.3 Å². The third kappa shape index (κ3) is 5.08. The first-order valence-electron chi connectivity index (χ1n) is 15.9. The SMILES string of the molecule is N=C1C=Cc2c(-c3ccc(-c4nc(-c5ccc6ccccc6c5)nc(-c5ccc6ccccc6c5)n4)cc3)nc3ccccc3c2/C1=N/S. The van der Waals surface area contributed by atoms with Crippen LogP contribution in [0.4, 0.5) is 0 Å². The average molecular weight is 647 g/mol. The third-order valence-electron chi connectivity index (χ3n) is 9.01.